The van der Waals surface area contributed by atoms with Gasteiger partial charge < -0.3 is 9.88 Å². The molecule has 94 valence electrons. The Morgan fingerprint density at radius 2 is 2.24 bits per heavy atom. The van der Waals surface area contributed by atoms with Gasteiger partial charge in [-0.05, 0) is 15.9 Å². The van der Waals surface area contributed by atoms with Crippen LogP contribution in [-0.4, -0.2) is 22.1 Å². The van der Waals surface area contributed by atoms with Gasteiger partial charge in [0.15, 0.2) is 0 Å². The highest BCUT2D eigenvalue weighted by Crippen LogP contribution is 2.13. The van der Waals surface area contributed by atoms with Gasteiger partial charge in [-0.3, -0.25) is 14.9 Å². The van der Waals surface area contributed by atoms with Crippen LogP contribution in [-0.2, 0) is 6.54 Å². The van der Waals surface area contributed by atoms with Crippen molar-refractivity contribution in [3.63, 3.8) is 0 Å². The molecule has 0 unspecified atom stereocenters. The fourth-order valence-electron chi connectivity index (χ4n) is 1.35. The number of nitrogens with zero attached hydrogens (tertiary/aromatic N) is 2. The summed E-state index contributed by atoms with van der Waals surface area (Å²) in [6.45, 7) is 4.97. The average molecular weight is 304 g/mol. The number of rotatable bonds is 5. The fourth-order valence-corrected chi connectivity index (χ4v) is 1.82. The van der Waals surface area contributed by atoms with Gasteiger partial charge in [-0.25, -0.2) is 0 Å². The standard InChI is InChI=1S/C10H14BrN3O3/c1-7(2)12-3-4-13-6-8(11)5-9(10(13)15)14(16)17/h5-7,12H,3-4H2,1-2H3. The second kappa shape index (κ2) is 5.92. The van der Waals surface area contributed by atoms with Crippen molar-refractivity contribution in [1.82, 2.24) is 9.88 Å². The van der Waals surface area contributed by atoms with Crippen LogP contribution in [0.2, 0.25) is 0 Å². The summed E-state index contributed by atoms with van der Waals surface area (Å²) in [6.07, 6.45) is 1.55. The number of hydrogen-bond acceptors (Lipinski definition) is 4. The number of hydrogen-bond donors (Lipinski definition) is 1. The first-order chi connectivity index (χ1) is 7.91. The molecule has 0 atom stereocenters. The van der Waals surface area contributed by atoms with E-state index in [4.69, 9.17) is 0 Å². The van der Waals surface area contributed by atoms with E-state index in [2.05, 4.69) is 21.2 Å². The number of halogens is 1. The van der Waals surface area contributed by atoms with Gasteiger partial charge >= 0.3 is 11.2 Å². The Balaban J connectivity index is 2.92. The fraction of sp³-hybridized carbons (Fsp3) is 0.500. The SMILES string of the molecule is CC(C)NCCn1cc(Br)cc([N+](=O)[O-])c1=O. The molecule has 1 N–H and O–H groups in total. The number of pyridine rings is 1. The molecule has 0 saturated heterocycles. The van der Waals surface area contributed by atoms with Crippen molar-refractivity contribution in [3.8, 4) is 0 Å². The molecular formula is C10H14BrN3O3. The van der Waals surface area contributed by atoms with E-state index >= 15 is 0 Å². The van der Waals surface area contributed by atoms with Crippen molar-refractivity contribution in [2.75, 3.05) is 6.54 Å². The van der Waals surface area contributed by atoms with Crippen LogP contribution in [0.5, 0.6) is 0 Å². The Bertz CT molecular complexity index is 470. The Labute approximate surface area is 107 Å². The highest BCUT2D eigenvalue weighted by atomic mass is 79.9. The highest BCUT2D eigenvalue weighted by Gasteiger charge is 2.15. The first-order valence-electron chi connectivity index (χ1n) is 5.19. The van der Waals surface area contributed by atoms with E-state index in [1.54, 1.807) is 6.20 Å². The number of aromatic nitrogens is 1. The van der Waals surface area contributed by atoms with Gasteiger partial charge in [0.25, 0.3) is 0 Å². The Kier molecular flexibility index (Phi) is 4.83. The van der Waals surface area contributed by atoms with Gasteiger partial charge in [0, 0.05) is 35.9 Å². The smallest absolute Gasteiger partial charge is 0.313 e. The first kappa shape index (κ1) is 13.9. The van der Waals surface area contributed by atoms with E-state index in [0.717, 1.165) is 0 Å². The van der Waals surface area contributed by atoms with E-state index in [1.807, 2.05) is 13.8 Å². The molecule has 0 saturated carbocycles. The molecule has 1 aromatic heterocycles. The summed E-state index contributed by atoms with van der Waals surface area (Å²) in [5.41, 5.74) is -0.993. The molecule has 6 nitrogen and oxygen atoms in total. The zero-order chi connectivity index (χ0) is 13.0. The van der Waals surface area contributed by atoms with Crippen LogP contribution in [0.15, 0.2) is 21.5 Å². The van der Waals surface area contributed by atoms with Crippen molar-refractivity contribution in [1.29, 1.82) is 0 Å². The molecule has 0 amide bonds. The quantitative estimate of drug-likeness (QED) is 0.661. The van der Waals surface area contributed by atoms with Crippen LogP contribution < -0.4 is 10.9 Å². The predicted octanol–water partition coefficient (Wildman–Crippen LogP) is 1.52. The molecule has 17 heavy (non-hydrogen) atoms. The molecular weight excluding hydrogens is 290 g/mol. The summed E-state index contributed by atoms with van der Waals surface area (Å²) in [7, 11) is 0. The van der Waals surface area contributed by atoms with Crippen LogP contribution >= 0.6 is 15.9 Å². The van der Waals surface area contributed by atoms with E-state index < -0.39 is 16.2 Å². The lowest BCUT2D eigenvalue weighted by molar-refractivity contribution is -0.386. The van der Waals surface area contributed by atoms with Crippen LogP contribution in [0.25, 0.3) is 0 Å². The molecule has 1 rings (SSSR count). The summed E-state index contributed by atoms with van der Waals surface area (Å²) >= 11 is 3.15. The van der Waals surface area contributed by atoms with Crippen molar-refractivity contribution >= 4 is 21.6 Å². The zero-order valence-corrected chi connectivity index (χ0v) is 11.2. The van der Waals surface area contributed by atoms with Crippen molar-refractivity contribution in [2.45, 2.75) is 26.4 Å². The Hall–Kier alpha value is -1.21. The van der Waals surface area contributed by atoms with Crippen LogP contribution in [0.3, 0.4) is 0 Å². The molecule has 0 spiro atoms. The van der Waals surface area contributed by atoms with Gasteiger partial charge in [0.1, 0.15) is 0 Å². The molecule has 0 radical (unpaired) electrons. The molecule has 0 fully saturated rings. The second-order valence-corrected chi connectivity index (χ2v) is 4.82. The topological polar surface area (TPSA) is 77.2 Å². The van der Waals surface area contributed by atoms with Crippen LogP contribution in [0.1, 0.15) is 13.8 Å². The monoisotopic (exact) mass is 303 g/mol. The molecule has 0 aliphatic carbocycles. The second-order valence-electron chi connectivity index (χ2n) is 3.91. The lowest BCUT2D eigenvalue weighted by Gasteiger charge is -2.09. The first-order valence-corrected chi connectivity index (χ1v) is 5.99. The van der Waals surface area contributed by atoms with Gasteiger partial charge in [-0.2, -0.15) is 0 Å². The molecule has 0 aromatic carbocycles. The van der Waals surface area contributed by atoms with E-state index in [0.29, 0.717) is 23.6 Å². The third-order valence-electron chi connectivity index (χ3n) is 2.14. The molecule has 1 aromatic rings. The van der Waals surface area contributed by atoms with Gasteiger partial charge in [-0.1, -0.05) is 13.8 Å². The summed E-state index contributed by atoms with van der Waals surface area (Å²) in [5.74, 6) is 0. The Morgan fingerprint density at radius 3 is 2.76 bits per heavy atom. The third-order valence-corrected chi connectivity index (χ3v) is 2.57. The third kappa shape index (κ3) is 3.94. The van der Waals surface area contributed by atoms with Crippen LogP contribution in [0, 0.1) is 10.1 Å². The van der Waals surface area contributed by atoms with Crippen LogP contribution in [0.4, 0.5) is 5.69 Å². The molecule has 1 heterocycles. The highest BCUT2D eigenvalue weighted by molar-refractivity contribution is 9.10. The summed E-state index contributed by atoms with van der Waals surface area (Å²) in [4.78, 5) is 21.7. The minimum atomic E-state index is -0.667. The largest absolute Gasteiger partial charge is 0.335 e. The van der Waals surface area contributed by atoms with Gasteiger partial charge in [0.2, 0.25) is 0 Å². The lowest BCUT2D eigenvalue weighted by atomic mass is 10.4. The lowest BCUT2D eigenvalue weighted by Crippen LogP contribution is -2.31. The summed E-state index contributed by atoms with van der Waals surface area (Å²) in [6, 6.07) is 1.53. The van der Waals surface area contributed by atoms with Crippen molar-refractivity contribution in [2.24, 2.45) is 0 Å². The maximum Gasteiger partial charge on any atom is 0.335 e. The molecule has 0 aliphatic heterocycles. The van der Waals surface area contributed by atoms with Crippen molar-refractivity contribution in [3.05, 3.63) is 37.2 Å². The maximum absolute atomic E-state index is 11.7. The predicted molar refractivity (Wildman–Crippen MR) is 68.2 cm³/mol. The molecule has 0 aliphatic rings. The van der Waals surface area contributed by atoms with E-state index in [-0.39, 0.29) is 0 Å². The average Bonchev–Trinajstić information content (AvgIpc) is 2.21. The van der Waals surface area contributed by atoms with Crippen molar-refractivity contribution < 1.29 is 4.92 Å². The number of nitrogens with one attached hydrogen (secondary N) is 1. The maximum atomic E-state index is 11.7. The van der Waals surface area contributed by atoms with E-state index in [1.165, 1.54) is 10.6 Å². The summed E-state index contributed by atoms with van der Waals surface area (Å²) < 4.78 is 1.85. The van der Waals surface area contributed by atoms with Gasteiger partial charge in [-0.15, -0.1) is 0 Å². The molecule has 7 heteroatoms. The summed E-state index contributed by atoms with van der Waals surface area (Å²) in [5, 5.41) is 13.8. The minimum absolute atomic E-state index is 0.313. The van der Waals surface area contributed by atoms with Gasteiger partial charge in [0.05, 0.1) is 4.92 Å². The molecule has 0 bridgehead atoms. The van der Waals surface area contributed by atoms with E-state index in [9.17, 15) is 14.9 Å². The zero-order valence-electron chi connectivity index (χ0n) is 9.64. The number of nitro groups is 1. The Morgan fingerprint density at radius 1 is 1.59 bits per heavy atom. The normalized spacial score (nSPS) is 10.8. The minimum Gasteiger partial charge on any atom is -0.313 e.